The molecule has 0 atom stereocenters. The van der Waals surface area contributed by atoms with E-state index >= 15 is 0 Å². The molecule has 0 aliphatic carbocycles. The molecular weight excluding hydrogens is 172 g/mol. The van der Waals surface area contributed by atoms with E-state index in [-0.39, 0.29) is 0 Å². The summed E-state index contributed by atoms with van der Waals surface area (Å²) in [7, 11) is 0. The van der Waals surface area contributed by atoms with E-state index in [1.807, 2.05) is 0 Å². The second-order valence-electron chi connectivity index (χ2n) is 2.30. The maximum absolute atomic E-state index is 8.48. The molecule has 1 heterocycles. The van der Waals surface area contributed by atoms with Crippen molar-refractivity contribution in [2.45, 2.75) is 0 Å². The molecular formula is C7H5N4S+. The lowest BCUT2D eigenvalue weighted by molar-refractivity contribution is 1.46. The molecule has 5 heteroatoms. The smallest absolute Gasteiger partial charge is 0.375 e. The first-order chi connectivity index (χ1) is 5.79. The predicted octanol–water partition coefficient (Wildman–Crippen LogP) is 2.36. The Morgan fingerprint density at radius 3 is 3.08 bits per heavy atom. The largest absolute Gasteiger partial charge is 0.386 e. The minimum Gasteiger partial charge on any atom is -0.375 e. The fourth-order valence-corrected chi connectivity index (χ4v) is 1.76. The number of hydrogen-bond donors (Lipinski definition) is 1. The zero-order valence-electron chi connectivity index (χ0n) is 6.06. The molecule has 0 spiro atoms. The number of thiazole rings is 1. The highest BCUT2D eigenvalue weighted by Gasteiger charge is 2.07. The topological polar surface area (TPSA) is 67.1 Å². The summed E-state index contributed by atoms with van der Waals surface area (Å²) >= 11 is 1.38. The van der Waals surface area contributed by atoms with Crippen LogP contribution in [-0.4, -0.2) is 4.98 Å². The van der Waals surface area contributed by atoms with E-state index in [1.54, 1.807) is 18.2 Å². The zero-order valence-corrected chi connectivity index (χ0v) is 6.88. The molecule has 2 rings (SSSR count). The lowest BCUT2D eigenvalue weighted by Gasteiger charge is -1.78. The molecule has 2 aromatic rings. The van der Waals surface area contributed by atoms with Crippen molar-refractivity contribution in [3.63, 3.8) is 0 Å². The number of aromatic nitrogens is 1. The van der Waals surface area contributed by atoms with Gasteiger partial charge in [0.2, 0.25) is 5.39 Å². The average molecular weight is 177 g/mol. The lowest BCUT2D eigenvalue weighted by Crippen LogP contribution is -1.78. The molecule has 4 nitrogen and oxygen atoms in total. The molecule has 0 aliphatic rings. The Hall–Kier alpha value is -1.67. The summed E-state index contributed by atoms with van der Waals surface area (Å²) in [6.45, 7) is 0. The first-order valence-corrected chi connectivity index (χ1v) is 4.12. The fourth-order valence-electron chi connectivity index (χ4n) is 0.993. The minimum absolute atomic E-state index is 0.520. The monoisotopic (exact) mass is 177 g/mol. The number of rotatable bonds is 0. The summed E-state index contributed by atoms with van der Waals surface area (Å²) in [5.74, 6) is 0. The van der Waals surface area contributed by atoms with Crippen molar-refractivity contribution in [1.29, 1.82) is 5.39 Å². The van der Waals surface area contributed by atoms with E-state index in [0.717, 1.165) is 10.2 Å². The van der Waals surface area contributed by atoms with Crippen LogP contribution in [0.2, 0.25) is 0 Å². The van der Waals surface area contributed by atoms with Gasteiger partial charge in [0.25, 0.3) is 0 Å². The molecule has 0 unspecified atom stereocenters. The molecule has 0 saturated carbocycles. The highest BCUT2D eigenvalue weighted by molar-refractivity contribution is 7.22. The SMILES string of the molecule is N#[N+]c1ccc2nc(N)sc2c1. The number of benzene rings is 1. The van der Waals surface area contributed by atoms with Gasteiger partial charge in [-0.05, 0) is 6.07 Å². The summed E-state index contributed by atoms with van der Waals surface area (Å²) in [6.07, 6.45) is 0. The Morgan fingerprint density at radius 1 is 1.50 bits per heavy atom. The van der Waals surface area contributed by atoms with Gasteiger partial charge >= 0.3 is 5.69 Å². The van der Waals surface area contributed by atoms with Crippen molar-refractivity contribution in [1.82, 2.24) is 4.98 Å². The quantitative estimate of drug-likeness (QED) is 0.628. The van der Waals surface area contributed by atoms with Crippen LogP contribution < -0.4 is 5.73 Å². The van der Waals surface area contributed by atoms with Crippen LogP contribution in [0.25, 0.3) is 15.2 Å². The van der Waals surface area contributed by atoms with Crippen molar-refractivity contribution in [3.8, 4) is 0 Å². The van der Waals surface area contributed by atoms with Crippen LogP contribution in [0.1, 0.15) is 0 Å². The number of nitrogen functional groups attached to an aromatic ring is 1. The summed E-state index contributed by atoms with van der Waals surface area (Å²) in [4.78, 5) is 7.13. The Bertz CT molecular complexity index is 468. The number of hydrogen-bond acceptors (Lipinski definition) is 4. The second kappa shape index (κ2) is 2.43. The van der Waals surface area contributed by atoms with Gasteiger partial charge in [-0.1, -0.05) is 11.3 Å². The van der Waals surface area contributed by atoms with Gasteiger partial charge in [-0.2, -0.15) is 0 Å². The zero-order chi connectivity index (χ0) is 8.55. The van der Waals surface area contributed by atoms with Gasteiger partial charge in [0.05, 0.1) is 16.3 Å². The molecule has 2 N–H and O–H groups in total. The van der Waals surface area contributed by atoms with E-state index in [9.17, 15) is 0 Å². The number of anilines is 1. The Balaban J connectivity index is 2.77. The summed E-state index contributed by atoms with van der Waals surface area (Å²) in [5.41, 5.74) is 6.85. The summed E-state index contributed by atoms with van der Waals surface area (Å²) in [5, 5.41) is 9.01. The molecule has 0 aliphatic heterocycles. The Kier molecular flexibility index (Phi) is 1.42. The highest BCUT2D eigenvalue weighted by Crippen LogP contribution is 2.27. The van der Waals surface area contributed by atoms with E-state index in [1.165, 1.54) is 11.3 Å². The molecule has 0 fully saturated rings. The molecule has 0 amide bonds. The van der Waals surface area contributed by atoms with Crippen molar-refractivity contribution in [2.75, 3.05) is 5.73 Å². The van der Waals surface area contributed by atoms with Crippen molar-refractivity contribution < 1.29 is 0 Å². The maximum Gasteiger partial charge on any atom is 0.386 e. The fraction of sp³-hybridized carbons (Fsp3) is 0. The van der Waals surface area contributed by atoms with E-state index < -0.39 is 0 Å². The maximum atomic E-state index is 8.48. The molecule has 1 aromatic carbocycles. The minimum atomic E-state index is 0.520. The second-order valence-corrected chi connectivity index (χ2v) is 3.37. The van der Waals surface area contributed by atoms with Crippen LogP contribution in [-0.2, 0) is 0 Å². The molecule has 12 heavy (non-hydrogen) atoms. The number of nitrogens with two attached hydrogens (primary N) is 1. The van der Waals surface area contributed by atoms with E-state index in [4.69, 9.17) is 11.1 Å². The van der Waals surface area contributed by atoms with Gasteiger partial charge in [-0.15, -0.1) is 0 Å². The van der Waals surface area contributed by atoms with Crippen LogP contribution in [0.4, 0.5) is 10.8 Å². The third kappa shape index (κ3) is 0.984. The molecule has 0 radical (unpaired) electrons. The Morgan fingerprint density at radius 2 is 2.33 bits per heavy atom. The van der Waals surface area contributed by atoms with Gasteiger partial charge < -0.3 is 5.73 Å². The third-order valence-corrected chi connectivity index (χ3v) is 2.35. The van der Waals surface area contributed by atoms with Gasteiger partial charge in [0.1, 0.15) is 0 Å². The predicted molar refractivity (Wildman–Crippen MR) is 48.8 cm³/mol. The van der Waals surface area contributed by atoms with Crippen molar-refractivity contribution in [3.05, 3.63) is 23.2 Å². The first kappa shape index (κ1) is 7.00. The standard InChI is InChI=1S/C7H5N4S/c8-7-10-5-2-1-4(11-9)3-6(5)12-7/h1-3H,(H2,8,10)/q+1. The Labute approximate surface area is 72.3 Å². The van der Waals surface area contributed by atoms with Gasteiger partial charge in [0.15, 0.2) is 10.1 Å². The van der Waals surface area contributed by atoms with Crippen LogP contribution in [0.3, 0.4) is 0 Å². The van der Waals surface area contributed by atoms with Gasteiger partial charge in [-0.3, -0.25) is 0 Å². The van der Waals surface area contributed by atoms with E-state index in [2.05, 4.69) is 9.96 Å². The summed E-state index contributed by atoms with van der Waals surface area (Å²) in [6, 6.07) is 5.20. The van der Waals surface area contributed by atoms with E-state index in [0.29, 0.717) is 10.8 Å². The highest BCUT2D eigenvalue weighted by atomic mass is 32.1. The van der Waals surface area contributed by atoms with Crippen molar-refractivity contribution >= 4 is 32.4 Å². The van der Waals surface area contributed by atoms with Crippen LogP contribution >= 0.6 is 11.3 Å². The van der Waals surface area contributed by atoms with Crippen LogP contribution in [0, 0.1) is 5.39 Å². The van der Waals surface area contributed by atoms with Gasteiger partial charge in [-0.25, -0.2) is 4.98 Å². The van der Waals surface area contributed by atoms with Crippen molar-refractivity contribution in [2.24, 2.45) is 0 Å². The molecule has 1 aromatic heterocycles. The normalized spacial score (nSPS) is 9.92. The van der Waals surface area contributed by atoms with Crippen LogP contribution in [0.5, 0.6) is 0 Å². The number of nitrogens with zero attached hydrogens (tertiary/aromatic N) is 3. The van der Waals surface area contributed by atoms with Gasteiger partial charge in [0, 0.05) is 6.07 Å². The third-order valence-electron chi connectivity index (χ3n) is 1.50. The molecule has 0 bridgehead atoms. The number of fused-ring (bicyclic) bond motifs is 1. The lowest BCUT2D eigenvalue weighted by atomic mass is 10.3. The summed E-state index contributed by atoms with van der Waals surface area (Å²) < 4.78 is 0.933. The first-order valence-electron chi connectivity index (χ1n) is 3.31. The average Bonchev–Trinajstić information content (AvgIpc) is 2.43. The molecule has 58 valence electrons. The van der Waals surface area contributed by atoms with Crippen LogP contribution in [0.15, 0.2) is 18.2 Å². The molecule has 0 saturated heterocycles. The number of diazo groups is 1.